The molecular formula is C11H7Cl2FN4O2. The van der Waals surface area contributed by atoms with Crippen LogP contribution < -0.4 is 5.32 Å². The summed E-state index contributed by atoms with van der Waals surface area (Å²) >= 11 is 11.3. The van der Waals surface area contributed by atoms with Crippen LogP contribution in [0.3, 0.4) is 0 Å². The first-order valence-electron chi connectivity index (χ1n) is 5.31. The molecule has 0 atom stereocenters. The number of halogens is 3. The third-order valence-corrected chi connectivity index (χ3v) is 2.97. The van der Waals surface area contributed by atoms with Crippen molar-refractivity contribution >= 4 is 34.7 Å². The zero-order valence-corrected chi connectivity index (χ0v) is 11.3. The van der Waals surface area contributed by atoms with Gasteiger partial charge in [0.25, 0.3) is 0 Å². The van der Waals surface area contributed by atoms with Crippen molar-refractivity contribution in [3.8, 4) is 0 Å². The van der Waals surface area contributed by atoms with Crippen LogP contribution in [0.25, 0.3) is 0 Å². The molecule has 1 aromatic heterocycles. The van der Waals surface area contributed by atoms with Crippen LogP contribution in [0, 0.1) is 15.9 Å². The van der Waals surface area contributed by atoms with Gasteiger partial charge in [-0.25, -0.2) is 14.4 Å². The monoisotopic (exact) mass is 316 g/mol. The Morgan fingerprint density at radius 2 is 2.10 bits per heavy atom. The van der Waals surface area contributed by atoms with Crippen LogP contribution in [-0.2, 0) is 6.54 Å². The third kappa shape index (κ3) is 3.12. The summed E-state index contributed by atoms with van der Waals surface area (Å²) in [6.45, 7) is 0.175. The number of aromatic nitrogens is 2. The van der Waals surface area contributed by atoms with Crippen LogP contribution in [0.1, 0.15) is 5.56 Å². The Balaban J connectivity index is 2.21. The highest BCUT2D eigenvalue weighted by molar-refractivity contribution is 6.32. The summed E-state index contributed by atoms with van der Waals surface area (Å²) in [4.78, 5) is 17.5. The molecule has 0 bridgehead atoms. The van der Waals surface area contributed by atoms with Gasteiger partial charge in [0.05, 0.1) is 9.95 Å². The number of nitro groups is 1. The minimum Gasteiger partial charge on any atom is -0.360 e. The van der Waals surface area contributed by atoms with Gasteiger partial charge in [0, 0.05) is 6.54 Å². The quantitative estimate of drug-likeness (QED) is 0.531. The summed E-state index contributed by atoms with van der Waals surface area (Å²) in [5, 5.41) is 13.3. The van der Waals surface area contributed by atoms with E-state index in [1.54, 1.807) is 0 Å². The van der Waals surface area contributed by atoms with E-state index in [0.29, 0.717) is 5.56 Å². The van der Waals surface area contributed by atoms with Crippen molar-refractivity contribution in [1.29, 1.82) is 0 Å². The summed E-state index contributed by atoms with van der Waals surface area (Å²) in [5.41, 5.74) is 0.225. The first kappa shape index (κ1) is 14.4. The van der Waals surface area contributed by atoms with Crippen LogP contribution >= 0.6 is 23.2 Å². The molecule has 1 aromatic carbocycles. The number of hydrogen-bond donors (Lipinski definition) is 1. The van der Waals surface area contributed by atoms with E-state index in [1.807, 2.05) is 0 Å². The lowest BCUT2D eigenvalue weighted by atomic mass is 10.2. The maximum absolute atomic E-state index is 13.0. The number of anilines is 1. The Kier molecular flexibility index (Phi) is 4.31. The van der Waals surface area contributed by atoms with E-state index in [0.717, 1.165) is 6.33 Å². The number of hydrogen-bond acceptors (Lipinski definition) is 5. The normalized spacial score (nSPS) is 10.3. The van der Waals surface area contributed by atoms with E-state index < -0.39 is 16.4 Å². The molecule has 0 aliphatic rings. The molecule has 20 heavy (non-hydrogen) atoms. The fourth-order valence-electron chi connectivity index (χ4n) is 1.48. The zero-order chi connectivity index (χ0) is 14.7. The lowest BCUT2D eigenvalue weighted by Crippen LogP contribution is -2.06. The molecule has 0 unspecified atom stereocenters. The van der Waals surface area contributed by atoms with E-state index >= 15 is 0 Å². The predicted octanol–water partition coefficient (Wildman–Crippen LogP) is 3.44. The van der Waals surface area contributed by atoms with Crippen molar-refractivity contribution in [2.75, 3.05) is 5.32 Å². The van der Waals surface area contributed by atoms with E-state index in [2.05, 4.69) is 15.3 Å². The van der Waals surface area contributed by atoms with Crippen LogP contribution in [0.5, 0.6) is 0 Å². The lowest BCUT2D eigenvalue weighted by Gasteiger charge is -2.07. The number of nitrogens with one attached hydrogen (secondary N) is 1. The van der Waals surface area contributed by atoms with E-state index in [4.69, 9.17) is 23.2 Å². The molecule has 0 saturated carbocycles. The van der Waals surface area contributed by atoms with Crippen molar-refractivity contribution in [2.45, 2.75) is 6.54 Å². The van der Waals surface area contributed by atoms with Gasteiger partial charge in [-0.2, -0.15) is 0 Å². The number of rotatable bonds is 4. The van der Waals surface area contributed by atoms with Gasteiger partial charge >= 0.3 is 5.69 Å². The Morgan fingerprint density at radius 1 is 1.35 bits per heavy atom. The van der Waals surface area contributed by atoms with Crippen molar-refractivity contribution in [1.82, 2.24) is 9.97 Å². The largest absolute Gasteiger partial charge is 0.360 e. The van der Waals surface area contributed by atoms with Gasteiger partial charge in [0.2, 0.25) is 11.0 Å². The highest BCUT2D eigenvalue weighted by Gasteiger charge is 2.21. The standard InChI is InChI=1S/C11H7Cl2FN4O2/c12-7-3-6(1-2-8(7)14)4-15-11-9(18(19)20)10(13)16-5-17-11/h1-3,5H,4H2,(H,15,16,17). The van der Waals surface area contributed by atoms with E-state index in [1.165, 1.54) is 18.2 Å². The minimum atomic E-state index is -0.678. The van der Waals surface area contributed by atoms with Gasteiger partial charge in [-0.15, -0.1) is 0 Å². The first-order chi connectivity index (χ1) is 9.49. The van der Waals surface area contributed by atoms with Crippen molar-refractivity contribution in [2.24, 2.45) is 0 Å². The van der Waals surface area contributed by atoms with Crippen LogP contribution in [0.4, 0.5) is 15.9 Å². The van der Waals surface area contributed by atoms with Gasteiger partial charge in [-0.05, 0) is 17.7 Å². The molecule has 6 nitrogen and oxygen atoms in total. The van der Waals surface area contributed by atoms with Crippen LogP contribution in [0.2, 0.25) is 10.2 Å². The molecule has 1 heterocycles. The molecule has 0 saturated heterocycles. The van der Waals surface area contributed by atoms with Crippen molar-refractivity contribution in [3.63, 3.8) is 0 Å². The average molecular weight is 317 g/mol. The van der Waals surface area contributed by atoms with Crippen LogP contribution in [0.15, 0.2) is 24.5 Å². The van der Waals surface area contributed by atoms with Gasteiger partial charge in [0.15, 0.2) is 0 Å². The summed E-state index contributed by atoms with van der Waals surface area (Å²) < 4.78 is 13.0. The van der Waals surface area contributed by atoms with E-state index in [9.17, 15) is 14.5 Å². The van der Waals surface area contributed by atoms with Gasteiger partial charge < -0.3 is 5.32 Å². The fourth-order valence-corrected chi connectivity index (χ4v) is 1.89. The van der Waals surface area contributed by atoms with Crippen molar-refractivity contribution in [3.05, 3.63) is 56.2 Å². The van der Waals surface area contributed by atoms with Gasteiger partial charge in [-0.3, -0.25) is 10.1 Å². The molecule has 0 aliphatic heterocycles. The molecule has 1 N–H and O–H groups in total. The molecule has 0 aliphatic carbocycles. The molecule has 0 radical (unpaired) electrons. The fraction of sp³-hybridized carbons (Fsp3) is 0.0909. The van der Waals surface area contributed by atoms with Gasteiger partial charge in [0.1, 0.15) is 12.1 Å². The average Bonchev–Trinajstić information content (AvgIpc) is 2.39. The summed E-state index contributed by atoms with van der Waals surface area (Å²) in [6.07, 6.45) is 1.11. The maximum atomic E-state index is 13.0. The van der Waals surface area contributed by atoms with E-state index in [-0.39, 0.29) is 22.5 Å². The SMILES string of the molecule is O=[N+]([O-])c1c(Cl)ncnc1NCc1ccc(F)c(Cl)c1. The summed E-state index contributed by atoms with van der Waals surface area (Å²) in [6, 6.07) is 4.13. The maximum Gasteiger partial charge on any atom is 0.348 e. The first-order valence-corrected chi connectivity index (χ1v) is 6.07. The molecule has 0 amide bonds. The third-order valence-electron chi connectivity index (χ3n) is 2.40. The molecule has 0 spiro atoms. The number of benzene rings is 1. The summed E-state index contributed by atoms with van der Waals surface area (Å²) in [7, 11) is 0. The molecule has 0 fully saturated rings. The Labute approximate surface area is 122 Å². The molecule has 9 heteroatoms. The second-order valence-electron chi connectivity index (χ2n) is 3.72. The Hall–Kier alpha value is -1.99. The van der Waals surface area contributed by atoms with Crippen LogP contribution in [-0.4, -0.2) is 14.9 Å². The smallest absolute Gasteiger partial charge is 0.348 e. The number of nitrogens with zero attached hydrogens (tertiary/aromatic N) is 3. The predicted molar refractivity (Wildman–Crippen MR) is 72.4 cm³/mol. The highest BCUT2D eigenvalue weighted by Crippen LogP contribution is 2.28. The van der Waals surface area contributed by atoms with Crippen molar-refractivity contribution < 1.29 is 9.31 Å². The highest BCUT2D eigenvalue weighted by atomic mass is 35.5. The molecule has 2 rings (SSSR count). The second kappa shape index (κ2) is 5.98. The summed E-state index contributed by atoms with van der Waals surface area (Å²) in [5.74, 6) is -0.554. The Bertz CT molecular complexity index is 669. The molecule has 2 aromatic rings. The molecular weight excluding hydrogens is 310 g/mol. The molecule has 104 valence electrons. The second-order valence-corrected chi connectivity index (χ2v) is 4.49. The topological polar surface area (TPSA) is 81.0 Å². The Morgan fingerprint density at radius 3 is 2.75 bits per heavy atom. The minimum absolute atomic E-state index is 0.0181. The lowest BCUT2D eigenvalue weighted by molar-refractivity contribution is -0.384. The zero-order valence-electron chi connectivity index (χ0n) is 9.81. The van der Waals surface area contributed by atoms with Gasteiger partial charge in [-0.1, -0.05) is 29.3 Å².